The molecule has 412 valence electrons. The summed E-state index contributed by atoms with van der Waals surface area (Å²) in [7, 11) is -10.8. The molecular weight excluding hydrogens is 1120 g/mol. The van der Waals surface area contributed by atoms with Crippen molar-refractivity contribution in [3.8, 4) is 0 Å². The Kier molecular flexibility index (Phi) is 17.0. The summed E-state index contributed by atoms with van der Waals surface area (Å²) < 4.78 is 213. The lowest BCUT2D eigenvalue weighted by Crippen LogP contribution is -2.50. The van der Waals surface area contributed by atoms with Gasteiger partial charge in [0.2, 0.25) is 10.0 Å². The molecule has 4 atom stereocenters. The smallest absolute Gasteiger partial charge is 0.458 e. The first-order chi connectivity index (χ1) is 34.6. The largest absolute Gasteiger partial charge is 0.516 e. The van der Waals surface area contributed by atoms with Gasteiger partial charge in [0.15, 0.2) is 0 Å². The zero-order valence-corrected chi connectivity index (χ0v) is 42.6. The highest BCUT2D eigenvalue weighted by Crippen LogP contribution is 2.47. The van der Waals surface area contributed by atoms with Gasteiger partial charge < -0.3 is 24.0 Å². The Bertz CT molecular complexity index is 3060. The van der Waals surface area contributed by atoms with Crippen molar-refractivity contribution in [3.63, 3.8) is 0 Å². The van der Waals surface area contributed by atoms with Gasteiger partial charge in [0.1, 0.15) is 18.0 Å². The van der Waals surface area contributed by atoms with Gasteiger partial charge in [0, 0.05) is 42.7 Å². The maximum Gasteiger partial charge on any atom is 0.516 e. The number of hydrogen-bond acceptors (Lipinski definition) is 21. The Labute approximate surface area is 426 Å². The number of azo groups is 2. The highest BCUT2D eigenvalue weighted by molar-refractivity contribution is 7.93. The summed E-state index contributed by atoms with van der Waals surface area (Å²) in [6, 6.07) is 3.13. The van der Waals surface area contributed by atoms with E-state index >= 15 is 0 Å². The second-order valence-corrected chi connectivity index (χ2v) is 22.2. The van der Waals surface area contributed by atoms with Crippen LogP contribution in [0.1, 0.15) is 78.2 Å². The molecule has 75 heavy (non-hydrogen) atoms. The van der Waals surface area contributed by atoms with Gasteiger partial charge in [-0.05, 0) is 102 Å². The first-order valence-electron chi connectivity index (χ1n) is 21.6. The van der Waals surface area contributed by atoms with Crippen LogP contribution in [0.15, 0.2) is 44.7 Å². The van der Waals surface area contributed by atoms with Crippen LogP contribution in [0.4, 0.5) is 92.7 Å². The lowest BCUT2D eigenvalue weighted by atomic mass is 9.80. The van der Waals surface area contributed by atoms with Crippen molar-refractivity contribution in [2.75, 3.05) is 39.6 Å². The SMILES string of the molecule is COCCOC(=O)c1nnc(N=Nc2cc3c(cc2NS(=O)(=O)C(F)(F)F)N(C(C)C)C(C)C(CC(C)N2c4cc(NS(=O)(=O)C(F)(F)F)c(N=Nc5nnc(C(=O)OC(F)(F)C(F)(F)F)s5)cc4CCC2C)C3)s1. The van der Waals surface area contributed by atoms with E-state index in [2.05, 4.69) is 45.6 Å². The third-order valence-electron chi connectivity index (χ3n) is 11.4. The van der Waals surface area contributed by atoms with Gasteiger partial charge in [0.25, 0.3) is 10.3 Å². The molecule has 2 aromatic carbocycles. The van der Waals surface area contributed by atoms with Gasteiger partial charge >= 0.3 is 55.3 Å². The number of rotatable bonds is 18. The Morgan fingerprint density at radius 3 is 1.69 bits per heavy atom. The van der Waals surface area contributed by atoms with E-state index in [1.807, 2.05) is 16.7 Å². The summed E-state index contributed by atoms with van der Waals surface area (Å²) in [4.78, 5) is 28.0. The van der Waals surface area contributed by atoms with Gasteiger partial charge in [-0.15, -0.1) is 40.9 Å². The van der Waals surface area contributed by atoms with Crippen LogP contribution < -0.4 is 19.2 Å². The van der Waals surface area contributed by atoms with E-state index in [0.717, 1.165) is 6.07 Å². The zero-order valence-electron chi connectivity index (χ0n) is 39.4. The molecule has 0 saturated heterocycles. The molecule has 0 bridgehead atoms. The van der Waals surface area contributed by atoms with Crippen molar-refractivity contribution in [1.29, 1.82) is 0 Å². The standard InChI is InChI=1S/C39H41F11N12O9S4/c1-17(2)61-20(5)22(12-23-14-25(27(16-29(23)61)60-75(67,68)39(48,49)50)52-55-34-57-53-30(72-34)32(63)70-10-9-69-6)11-19(4)62-18(3)7-8-21-13-24(26(15-28(21)62)59-74(65,66)38(45,46)47)51-56-35-58-54-31(73-35)33(64)71-37(43,44)36(40,41)42/h13-20,22,59-60H,7-12H2,1-6H3. The fourth-order valence-corrected chi connectivity index (χ4v) is 10.3. The van der Waals surface area contributed by atoms with Crippen LogP contribution in [-0.4, -0.2) is 117 Å². The normalized spacial score (nSPS) is 18.3. The predicted molar refractivity (Wildman–Crippen MR) is 245 cm³/mol. The summed E-state index contributed by atoms with van der Waals surface area (Å²) in [5.74, 6) is -3.48. The number of methoxy groups -OCH3 is 1. The number of halogens is 11. The summed E-state index contributed by atoms with van der Waals surface area (Å²) in [6.45, 7) is 8.96. The molecule has 0 amide bonds. The molecule has 0 aliphatic carbocycles. The van der Waals surface area contributed by atoms with Crippen LogP contribution in [0.5, 0.6) is 0 Å². The summed E-state index contributed by atoms with van der Waals surface area (Å²) in [5.41, 5.74) is -12.4. The van der Waals surface area contributed by atoms with E-state index in [1.54, 1.807) is 32.4 Å². The number of aromatic nitrogens is 4. The predicted octanol–water partition coefficient (Wildman–Crippen LogP) is 10.3. The molecular formula is C39H41F11N12O9S4. The lowest BCUT2D eigenvalue weighted by Gasteiger charge is -2.48. The van der Waals surface area contributed by atoms with E-state index < -0.39 is 94.6 Å². The van der Waals surface area contributed by atoms with Gasteiger partial charge in [0.05, 0.1) is 18.0 Å². The number of ether oxygens (including phenoxy) is 3. The maximum atomic E-state index is 13.8. The minimum Gasteiger partial charge on any atom is -0.458 e. The van der Waals surface area contributed by atoms with Gasteiger partial charge in [-0.25, -0.2) is 9.59 Å². The number of hydrogen-bond donors (Lipinski definition) is 2. The van der Waals surface area contributed by atoms with E-state index in [1.165, 1.54) is 30.0 Å². The molecule has 36 heteroatoms. The van der Waals surface area contributed by atoms with Crippen LogP contribution in [0.2, 0.25) is 0 Å². The number of fused-ring (bicyclic) bond motifs is 2. The van der Waals surface area contributed by atoms with Crippen LogP contribution in [0.3, 0.4) is 0 Å². The Morgan fingerprint density at radius 2 is 1.21 bits per heavy atom. The van der Waals surface area contributed by atoms with Crippen LogP contribution >= 0.6 is 22.7 Å². The van der Waals surface area contributed by atoms with Gasteiger partial charge in [-0.1, -0.05) is 22.7 Å². The van der Waals surface area contributed by atoms with Crippen molar-refractivity contribution in [2.24, 2.45) is 26.4 Å². The summed E-state index contributed by atoms with van der Waals surface area (Å²) in [5, 5.41) is 26.8. The molecule has 4 unspecified atom stereocenters. The molecule has 6 rings (SSSR count). The van der Waals surface area contributed by atoms with Gasteiger partial charge in [-0.3, -0.25) is 9.44 Å². The Hall–Kier alpha value is -6.01. The highest BCUT2D eigenvalue weighted by atomic mass is 32.2. The summed E-state index contributed by atoms with van der Waals surface area (Å²) >= 11 is 0.618. The second kappa shape index (κ2) is 21.9. The van der Waals surface area contributed by atoms with Crippen molar-refractivity contribution < 1.29 is 88.9 Å². The van der Waals surface area contributed by atoms with E-state index in [0.29, 0.717) is 41.0 Å². The number of aryl methyl sites for hydroxylation is 1. The van der Waals surface area contributed by atoms with Crippen molar-refractivity contribution >= 4 is 99.0 Å². The van der Waals surface area contributed by atoms with Crippen LogP contribution in [-0.2, 0) is 47.1 Å². The number of nitrogens with zero attached hydrogens (tertiary/aromatic N) is 10. The maximum absolute atomic E-state index is 13.8. The minimum absolute atomic E-state index is 0.00426. The third kappa shape index (κ3) is 13.2. The van der Waals surface area contributed by atoms with Crippen LogP contribution in [0.25, 0.3) is 0 Å². The summed E-state index contributed by atoms with van der Waals surface area (Å²) in [6.07, 6.45) is -11.0. The van der Waals surface area contributed by atoms with Crippen molar-refractivity contribution in [2.45, 2.75) is 108 Å². The topological polar surface area (TPSA) is 262 Å². The number of benzene rings is 2. The van der Waals surface area contributed by atoms with E-state index in [4.69, 9.17) is 9.47 Å². The quantitative estimate of drug-likeness (QED) is 0.0406. The molecule has 2 aliphatic heterocycles. The molecule has 2 N–H and O–H groups in total. The molecule has 2 aromatic heterocycles. The number of nitrogens with one attached hydrogen (secondary N) is 2. The molecule has 0 radical (unpaired) electrons. The van der Waals surface area contributed by atoms with E-state index in [-0.39, 0.29) is 76.9 Å². The minimum atomic E-state index is -6.28. The number of alkyl halides is 11. The Balaban J connectivity index is 1.34. The molecule has 0 saturated carbocycles. The zero-order chi connectivity index (χ0) is 55.8. The second-order valence-electron chi connectivity index (χ2n) is 16.9. The fraction of sp³-hybridized carbons (Fsp3) is 0.538. The molecule has 4 aromatic rings. The lowest BCUT2D eigenvalue weighted by molar-refractivity contribution is -0.370. The molecule has 2 aliphatic rings. The number of carbonyl (C=O) groups excluding carboxylic acids is 2. The average molecular weight is 1160 g/mol. The number of sulfonamides is 2. The molecule has 0 spiro atoms. The van der Waals surface area contributed by atoms with Crippen LogP contribution in [0, 0.1) is 5.92 Å². The average Bonchev–Trinajstić information content (AvgIpc) is 3.97. The fourth-order valence-electron chi connectivity index (χ4n) is 8.08. The highest BCUT2D eigenvalue weighted by Gasteiger charge is 2.62. The molecule has 21 nitrogen and oxygen atoms in total. The van der Waals surface area contributed by atoms with Crippen molar-refractivity contribution in [1.82, 2.24) is 20.4 Å². The van der Waals surface area contributed by atoms with E-state index in [9.17, 15) is 74.7 Å². The first kappa shape index (κ1) is 58.3. The first-order valence-corrected chi connectivity index (χ1v) is 26.2. The van der Waals surface area contributed by atoms with Gasteiger partial charge in [-0.2, -0.15) is 65.1 Å². The molecule has 0 fully saturated rings. The number of anilines is 4. The molecule has 4 heterocycles. The monoisotopic (exact) mass is 1160 g/mol. The van der Waals surface area contributed by atoms with Crippen molar-refractivity contribution in [3.05, 3.63) is 45.4 Å². The Morgan fingerprint density at radius 1 is 0.720 bits per heavy atom. The number of esters is 2. The third-order valence-corrected chi connectivity index (χ3v) is 15.1. The number of carbonyl (C=O) groups is 2.